The largest absolute Gasteiger partial charge is 0.466 e. The van der Waals surface area contributed by atoms with Gasteiger partial charge in [0.15, 0.2) is 5.69 Å². The molecule has 0 unspecified atom stereocenters. The lowest BCUT2D eigenvalue weighted by molar-refractivity contribution is -0.146. The molecule has 0 atom stereocenters. The highest BCUT2D eigenvalue weighted by molar-refractivity contribution is 7.09. The average molecular weight is 353 g/mol. The van der Waals surface area contributed by atoms with Crippen molar-refractivity contribution in [1.29, 1.82) is 0 Å². The van der Waals surface area contributed by atoms with E-state index < -0.39 is 11.9 Å². The molecule has 0 aliphatic heterocycles. The third kappa shape index (κ3) is 4.87. The Kier molecular flexibility index (Phi) is 6.90. The maximum atomic E-state index is 12.1. The molecule has 0 N–H and O–H groups in total. The van der Waals surface area contributed by atoms with E-state index in [1.54, 1.807) is 19.2 Å². The van der Waals surface area contributed by atoms with Crippen LogP contribution >= 0.6 is 11.3 Å². The van der Waals surface area contributed by atoms with E-state index in [0.717, 1.165) is 30.7 Å². The van der Waals surface area contributed by atoms with E-state index in [2.05, 4.69) is 4.98 Å². The summed E-state index contributed by atoms with van der Waals surface area (Å²) in [7, 11) is 0. The lowest BCUT2D eigenvalue weighted by Crippen LogP contribution is -2.24. The lowest BCUT2D eigenvalue weighted by Gasteiger charge is -2.26. The lowest BCUT2D eigenvalue weighted by atomic mass is 9.79. The van der Waals surface area contributed by atoms with Gasteiger partial charge >= 0.3 is 11.9 Å². The molecule has 0 radical (unpaired) electrons. The Morgan fingerprint density at radius 3 is 2.42 bits per heavy atom. The Labute approximate surface area is 145 Å². The number of ether oxygens (including phenoxy) is 2. The highest BCUT2D eigenvalue weighted by Crippen LogP contribution is 2.37. The summed E-state index contributed by atoms with van der Waals surface area (Å²) in [6, 6.07) is 0. The van der Waals surface area contributed by atoms with Crippen LogP contribution in [-0.2, 0) is 19.1 Å². The number of thiazole rings is 1. The van der Waals surface area contributed by atoms with Gasteiger partial charge in [-0.25, -0.2) is 9.78 Å². The van der Waals surface area contributed by atoms with Crippen LogP contribution in [0.4, 0.5) is 0 Å². The van der Waals surface area contributed by atoms with Crippen molar-refractivity contribution in [2.75, 3.05) is 13.2 Å². The fourth-order valence-corrected chi connectivity index (χ4v) is 3.90. The van der Waals surface area contributed by atoms with E-state index in [-0.39, 0.29) is 24.0 Å². The van der Waals surface area contributed by atoms with Crippen LogP contribution in [0.2, 0.25) is 0 Å². The summed E-state index contributed by atoms with van der Waals surface area (Å²) in [6.07, 6.45) is 3.05. The van der Waals surface area contributed by atoms with Crippen LogP contribution in [0.15, 0.2) is 5.38 Å². The molecule has 0 aromatic carbocycles. The fraction of sp³-hybridized carbons (Fsp3) is 0.647. The van der Waals surface area contributed by atoms with Gasteiger partial charge in [-0.3, -0.25) is 9.59 Å². The van der Waals surface area contributed by atoms with Crippen LogP contribution in [-0.4, -0.2) is 35.9 Å². The van der Waals surface area contributed by atoms with Crippen molar-refractivity contribution in [3.63, 3.8) is 0 Å². The van der Waals surface area contributed by atoms with Crippen LogP contribution in [0, 0.1) is 5.92 Å². The zero-order chi connectivity index (χ0) is 17.5. The van der Waals surface area contributed by atoms with Crippen molar-refractivity contribution >= 4 is 29.1 Å². The summed E-state index contributed by atoms with van der Waals surface area (Å²) in [5.41, 5.74) is 0.359. The maximum absolute atomic E-state index is 12.1. The molecule has 0 bridgehead atoms. The van der Waals surface area contributed by atoms with Crippen molar-refractivity contribution in [1.82, 2.24) is 4.98 Å². The molecule has 0 amide bonds. The van der Waals surface area contributed by atoms with E-state index in [4.69, 9.17) is 9.47 Å². The second-order valence-corrected chi connectivity index (χ2v) is 6.68. The van der Waals surface area contributed by atoms with Crippen LogP contribution < -0.4 is 0 Å². The van der Waals surface area contributed by atoms with Gasteiger partial charge in [-0.15, -0.1) is 11.3 Å². The van der Waals surface area contributed by atoms with E-state index in [1.165, 1.54) is 11.3 Å². The molecule has 1 saturated carbocycles. The number of Topliss-reactive ketones (excluding diaryl/α,β-unsaturated/α-hetero) is 1. The molecule has 1 aromatic heterocycles. The molecule has 2 rings (SSSR count). The summed E-state index contributed by atoms with van der Waals surface area (Å²) in [5, 5.41) is 2.65. The minimum absolute atomic E-state index is 0.0294. The van der Waals surface area contributed by atoms with Crippen molar-refractivity contribution < 1.29 is 23.9 Å². The molecule has 132 valence electrons. The van der Waals surface area contributed by atoms with Gasteiger partial charge in [0, 0.05) is 17.2 Å². The van der Waals surface area contributed by atoms with Crippen LogP contribution in [0.3, 0.4) is 0 Å². The number of hydrogen-bond acceptors (Lipinski definition) is 7. The number of ketones is 1. The average Bonchev–Trinajstić information content (AvgIpc) is 3.05. The molecule has 1 aliphatic carbocycles. The van der Waals surface area contributed by atoms with Gasteiger partial charge in [0.1, 0.15) is 12.2 Å². The van der Waals surface area contributed by atoms with Gasteiger partial charge in [0.2, 0.25) is 0 Å². The quantitative estimate of drug-likeness (QED) is 0.553. The zero-order valence-corrected chi connectivity index (χ0v) is 14.9. The van der Waals surface area contributed by atoms with Crippen molar-refractivity contribution in [3.05, 3.63) is 16.1 Å². The number of hydrogen-bond donors (Lipinski definition) is 0. The number of nitrogens with zero attached hydrogens (tertiary/aromatic N) is 1. The first kappa shape index (κ1) is 18.6. The molecule has 1 aromatic rings. The first-order valence-electron chi connectivity index (χ1n) is 8.36. The smallest absolute Gasteiger partial charge is 0.357 e. The number of carbonyl (C=O) groups excluding carboxylic acids is 3. The topological polar surface area (TPSA) is 82.6 Å². The van der Waals surface area contributed by atoms with Crippen molar-refractivity contribution in [2.24, 2.45) is 5.92 Å². The fourth-order valence-electron chi connectivity index (χ4n) is 2.93. The molecule has 0 saturated heterocycles. The van der Waals surface area contributed by atoms with Gasteiger partial charge < -0.3 is 9.47 Å². The summed E-state index contributed by atoms with van der Waals surface area (Å²) in [4.78, 5) is 39.6. The normalized spacial score (nSPS) is 20.4. The van der Waals surface area contributed by atoms with E-state index in [0.29, 0.717) is 18.9 Å². The molecule has 6 nitrogen and oxygen atoms in total. The van der Waals surface area contributed by atoms with Gasteiger partial charge in [-0.1, -0.05) is 0 Å². The molecule has 1 heterocycles. The molecule has 1 aliphatic rings. The molecule has 7 heteroatoms. The molecule has 24 heavy (non-hydrogen) atoms. The summed E-state index contributed by atoms with van der Waals surface area (Å²) in [6.45, 7) is 4.12. The van der Waals surface area contributed by atoms with Gasteiger partial charge in [0.25, 0.3) is 0 Å². The van der Waals surface area contributed by atoms with Gasteiger partial charge in [-0.05, 0) is 39.5 Å². The molecule has 1 fully saturated rings. The second kappa shape index (κ2) is 8.92. The van der Waals surface area contributed by atoms with Gasteiger partial charge in [0.05, 0.1) is 18.2 Å². The van der Waals surface area contributed by atoms with E-state index in [9.17, 15) is 14.4 Å². The Morgan fingerprint density at radius 1 is 1.12 bits per heavy atom. The highest BCUT2D eigenvalue weighted by Gasteiger charge is 2.30. The van der Waals surface area contributed by atoms with Crippen molar-refractivity contribution in [2.45, 2.75) is 51.9 Å². The first-order valence-corrected chi connectivity index (χ1v) is 9.24. The highest BCUT2D eigenvalue weighted by atomic mass is 32.1. The van der Waals surface area contributed by atoms with Gasteiger partial charge in [-0.2, -0.15) is 0 Å². The monoisotopic (exact) mass is 353 g/mol. The standard InChI is InChI=1S/C17H23NO5S/c1-3-22-15(20)9-14(19)11-5-7-12(8-6-11)16-18-13(10-24-16)17(21)23-4-2/h10-12H,3-9H2,1-2H3/t11-,12-. The summed E-state index contributed by atoms with van der Waals surface area (Å²) < 4.78 is 9.78. The minimum atomic E-state index is -0.441. The Balaban J connectivity index is 1.85. The van der Waals surface area contributed by atoms with Crippen molar-refractivity contribution in [3.8, 4) is 0 Å². The predicted molar refractivity (Wildman–Crippen MR) is 89.0 cm³/mol. The third-order valence-electron chi connectivity index (χ3n) is 4.16. The number of esters is 2. The van der Waals surface area contributed by atoms with Crippen LogP contribution in [0.25, 0.3) is 0 Å². The third-order valence-corrected chi connectivity index (χ3v) is 5.17. The van der Waals surface area contributed by atoms with E-state index in [1.807, 2.05) is 0 Å². The maximum Gasteiger partial charge on any atom is 0.357 e. The number of aromatic nitrogens is 1. The molecule has 0 spiro atoms. The first-order chi connectivity index (χ1) is 11.5. The van der Waals surface area contributed by atoms with Crippen LogP contribution in [0.5, 0.6) is 0 Å². The minimum Gasteiger partial charge on any atom is -0.466 e. The zero-order valence-electron chi connectivity index (χ0n) is 14.1. The summed E-state index contributed by atoms with van der Waals surface area (Å²) in [5.74, 6) is -0.667. The Bertz CT molecular complexity index is 590. The number of rotatable bonds is 7. The Hall–Kier alpha value is -1.76. The SMILES string of the molecule is CCOC(=O)CC(=O)[C@H]1CC[C@H](c2nc(C(=O)OCC)cs2)CC1. The van der Waals surface area contributed by atoms with Crippen LogP contribution in [0.1, 0.15) is 67.4 Å². The Morgan fingerprint density at radius 2 is 1.79 bits per heavy atom. The molecular formula is C17H23NO5S. The summed E-state index contributed by atoms with van der Waals surface area (Å²) >= 11 is 1.47. The molecular weight excluding hydrogens is 330 g/mol. The van der Waals surface area contributed by atoms with E-state index >= 15 is 0 Å². The second-order valence-electron chi connectivity index (χ2n) is 5.79. The number of carbonyl (C=O) groups is 3. The predicted octanol–water partition coefficient (Wildman–Crippen LogP) is 3.12.